The van der Waals surface area contributed by atoms with Gasteiger partial charge in [-0.05, 0) is 20.8 Å². The normalized spacial score (nSPS) is 10.8. The Labute approximate surface area is 88.5 Å². The van der Waals surface area contributed by atoms with E-state index in [-0.39, 0.29) is 0 Å². The molecular weight excluding hydrogens is 204 g/mol. The van der Waals surface area contributed by atoms with Gasteiger partial charge in [-0.2, -0.15) is 0 Å². The molecule has 1 heterocycles. The van der Waals surface area contributed by atoms with Crippen LogP contribution in [0.2, 0.25) is 0 Å². The third kappa shape index (κ3) is 2.58. The zero-order valence-electron chi connectivity index (χ0n) is 8.25. The van der Waals surface area contributed by atoms with Gasteiger partial charge >= 0.3 is 0 Å². The van der Waals surface area contributed by atoms with Crippen molar-refractivity contribution in [3.05, 3.63) is 11.1 Å². The van der Waals surface area contributed by atoms with Gasteiger partial charge in [0.15, 0.2) is 5.13 Å². The first-order valence-electron chi connectivity index (χ1n) is 4.46. The molecule has 0 bridgehead atoms. The number of nitrogens with zero attached hydrogens (tertiary/aromatic N) is 2. The van der Waals surface area contributed by atoms with Crippen molar-refractivity contribution in [2.45, 2.75) is 32.7 Å². The molecule has 0 saturated carbocycles. The molecule has 2 nitrogen and oxygen atoms in total. The number of rotatable bonds is 4. The maximum Gasteiger partial charge on any atom is 0.185 e. The van der Waals surface area contributed by atoms with Crippen molar-refractivity contribution < 1.29 is 0 Å². The van der Waals surface area contributed by atoms with E-state index in [9.17, 15) is 0 Å². The molecule has 0 spiro atoms. The van der Waals surface area contributed by atoms with Crippen LogP contribution in [-0.2, 0) is 5.88 Å². The fraction of sp³-hybridized carbons (Fsp3) is 0.667. The lowest BCUT2D eigenvalue weighted by molar-refractivity contribution is 0.700. The minimum absolute atomic E-state index is 0.499. The van der Waals surface area contributed by atoms with Crippen molar-refractivity contribution in [2.75, 3.05) is 11.4 Å². The molecule has 0 radical (unpaired) electrons. The fourth-order valence-corrected chi connectivity index (χ4v) is 2.46. The van der Waals surface area contributed by atoms with Gasteiger partial charge in [-0.1, -0.05) is 0 Å². The first-order chi connectivity index (χ1) is 6.19. The van der Waals surface area contributed by atoms with Crippen LogP contribution < -0.4 is 4.90 Å². The summed E-state index contributed by atoms with van der Waals surface area (Å²) in [6.07, 6.45) is 0. The van der Waals surface area contributed by atoms with Gasteiger partial charge in [-0.3, -0.25) is 0 Å². The lowest BCUT2D eigenvalue weighted by Crippen LogP contribution is -2.30. The largest absolute Gasteiger partial charge is 0.346 e. The molecule has 0 aliphatic carbocycles. The average Bonchev–Trinajstić information content (AvgIpc) is 2.53. The highest BCUT2D eigenvalue weighted by Gasteiger charge is 2.11. The van der Waals surface area contributed by atoms with Crippen molar-refractivity contribution >= 4 is 28.1 Å². The fourth-order valence-electron chi connectivity index (χ4n) is 1.21. The first kappa shape index (κ1) is 10.8. The Kier molecular flexibility index (Phi) is 4.00. The Morgan fingerprint density at radius 2 is 2.31 bits per heavy atom. The number of anilines is 1. The van der Waals surface area contributed by atoms with Gasteiger partial charge < -0.3 is 4.90 Å². The van der Waals surface area contributed by atoms with Crippen molar-refractivity contribution in [2.24, 2.45) is 0 Å². The van der Waals surface area contributed by atoms with E-state index < -0.39 is 0 Å². The number of aromatic nitrogens is 1. The van der Waals surface area contributed by atoms with Gasteiger partial charge in [-0.25, -0.2) is 4.98 Å². The van der Waals surface area contributed by atoms with E-state index in [4.69, 9.17) is 11.6 Å². The monoisotopic (exact) mass is 218 g/mol. The SMILES string of the molecule is CCN(c1nc(CCl)cs1)C(C)C. The number of alkyl halides is 1. The molecule has 13 heavy (non-hydrogen) atoms. The van der Waals surface area contributed by atoms with Crippen LogP contribution in [0, 0.1) is 0 Å². The molecule has 4 heteroatoms. The molecule has 0 fully saturated rings. The molecule has 0 atom stereocenters. The molecule has 0 aliphatic heterocycles. The molecule has 0 saturated heterocycles. The second-order valence-electron chi connectivity index (χ2n) is 3.13. The molecule has 0 aliphatic rings. The minimum atomic E-state index is 0.499. The van der Waals surface area contributed by atoms with E-state index >= 15 is 0 Å². The van der Waals surface area contributed by atoms with Crippen molar-refractivity contribution in [1.29, 1.82) is 0 Å². The summed E-state index contributed by atoms with van der Waals surface area (Å²) < 4.78 is 0. The third-order valence-corrected chi connectivity index (χ3v) is 3.09. The van der Waals surface area contributed by atoms with E-state index in [1.165, 1.54) is 0 Å². The van der Waals surface area contributed by atoms with Crippen LogP contribution in [0.3, 0.4) is 0 Å². The van der Waals surface area contributed by atoms with Gasteiger partial charge in [-0.15, -0.1) is 22.9 Å². The molecule has 1 aromatic rings. The summed E-state index contributed by atoms with van der Waals surface area (Å²) in [6.45, 7) is 7.48. The summed E-state index contributed by atoms with van der Waals surface area (Å²) >= 11 is 7.36. The van der Waals surface area contributed by atoms with Crippen LogP contribution in [0.1, 0.15) is 26.5 Å². The lowest BCUT2D eigenvalue weighted by atomic mass is 10.3. The Hall–Kier alpha value is -0.280. The maximum atomic E-state index is 5.69. The Morgan fingerprint density at radius 3 is 2.69 bits per heavy atom. The predicted octanol–water partition coefficient (Wildman–Crippen LogP) is 3.12. The molecule has 0 aromatic carbocycles. The second-order valence-corrected chi connectivity index (χ2v) is 4.24. The van der Waals surface area contributed by atoms with Crippen LogP contribution in [0.4, 0.5) is 5.13 Å². The molecule has 0 amide bonds. The Morgan fingerprint density at radius 1 is 1.62 bits per heavy atom. The van der Waals surface area contributed by atoms with Crippen molar-refractivity contribution in [3.63, 3.8) is 0 Å². The topological polar surface area (TPSA) is 16.1 Å². The van der Waals surface area contributed by atoms with Crippen LogP contribution >= 0.6 is 22.9 Å². The van der Waals surface area contributed by atoms with E-state index in [0.717, 1.165) is 17.4 Å². The summed E-state index contributed by atoms with van der Waals surface area (Å²) in [5, 5.41) is 3.10. The lowest BCUT2D eigenvalue weighted by Gasteiger charge is -2.23. The molecular formula is C9H15ClN2S. The Bertz CT molecular complexity index is 260. The van der Waals surface area contributed by atoms with Gasteiger partial charge in [0.05, 0.1) is 11.6 Å². The molecule has 1 rings (SSSR count). The van der Waals surface area contributed by atoms with E-state index in [0.29, 0.717) is 11.9 Å². The van der Waals surface area contributed by atoms with E-state index in [1.807, 2.05) is 5.38 Å². The van der Waals surface area contributed by atoms with Crippen molar-refractivity contribution in [3.8, 4) is 0 Å². The van der Waals surface area contributed by atoms with Crippen LogP contribution in [-0.4, -0.2) is 17.6 Å². The quantitative estimate of drug-likeness (QED) is 0.722. The summed E-state index contributed by atoms with van der Waals surface area (Å²) in [7, 11) is 0. The predicted molar refractivity (Wildman–Crippen MR) is 59.8 cm³/mol. The van der Waals surface area contributed by atoms with Gasteiger partial charge in [0, 0.05) is 18.0 Å². The summed E-state index contributed by atoms with van der Waals surface area (Å²) in [5.41, 5.74) is 0.973. The second kappa shape index (κ2) is 4.82. The zero-order chi connectivity index (χ0) is 9.84. The van der Waals surface area contributed by atoms with Crippen LogP contribution in [0.5, 0.6) is 0 Å². The maximum absolute atomic E-state index is 5.69. The van der Waals surface area contributed by atoms with Gasteiger partial charge in [0.25, 0.3) is 0 Å². The number of thiazole rings is 1. The summed E-state index contributed by atoms with van der Waals surface area (Å²) in [4.78, 5) is 6.70. The number of halogens is 1. The minimum Gasteiger partial charge on any atom is -0.346 e. The van der Waals surface area contributed by atoms with Gasteiger partial charge in [0.2, 0.25) is 0 Å². The number of hydrogen-bond donors (Lipinski definition) is 0. The smallest absolute Gasteiger partial charge is 0.185 e. The standard InChI is InChI=1S/C9H15ClN2S/c1-4-12(7(2)3)9-11-8(5-10)6-13-9/h6-7H,4-5H2,1-3H3. The van der Waals surface area contributed by atoms with E-state index in [1.54, 1.807) is 11.3 Å². The van der Waals surface area contributed by atoms with Gasteiger partial charge in [0.1, 0.15) is 0 Å². The van der Waals surface area contributed by atoms with E-state index in [2.05, 4.69) is 30.7 Å². The molecule has 0 N–H and O–H groups in total. The highest BCUT2D eigenvalue weighted by molar-refractivity contribution is 7.13. The zero-order valence-corrected chi connectivity index (χ0v) is 9.82. The van der Waals surface area contributed by atoms with Crippen molar-refractivity contribution in [1.82, 2.24) is 4.98 Å². The highest BCUT2D eigenvalue weighted by atomic mass is 35.5. The third-order valence-electron chi connectivity index (χ3n) is 1.89. The summed E-state index contributed by atoms with van der Waals surface area (Å²) in [5.74, 6) is 0.506. The average molecular weight is 219 g/mol. The highest BCUT2D eigenvalue weighted by Crippen LogP contribution is 2.22. The molecule has 74 valence electrons. The Balaban J connectivity index is 2.79. The molecule has 0 unspecified atom stereocenters. The summed E-state index contributed by atoms with van der Waals surface area (Å²) in [6, 6.07) is 0.499. The number of hydrogen-bond acceptors (Lipinski definition) is 3. The first-order valence-corrected chi connectivity index (χ1v) is 5.87. The molecule has 1 aromatic heterocycles. The van der Waals surface area contributed by atoms with Crippen LogP contribution in [0.15, 0.2) is 5.38 Å². The van der Waals surface area contributed by atoms with Crippen LogP contribution in [0.25, 0.3) is 0 Å².